The van der Waals surface area contributed by atoms with E-state index in [0.29, 0.717) is 11.4 Å². The number of rotatable bonds is 8. The van der Waals surface area contributed by atoms with Gasteiger partial charge in [0, 0.05) is 37.6 Å². The number of hydrogen-bond acceptors (Lipinski definition) is 10. The van der Waals surface area contributed by atoms with Gasteiger partial charge in [0.05, 0.1) is 22.5 Å². The largest absolute Gasteiger partial charge is 0.506 e. The lowest BCUT2D eigenvalue weighted by atomic mass is 10.2. The number of aromatic carboxylic acids is 2. The predicted octanol–water partition coefficient (Wildman–Crippen LogP) is 6.65. The number of aromatic hydroxyl groups is 2. The molecule has 0 radical (unpaired) electrons. The molecule has 0 bridgehead atoms. The molecular formula is C30H26N6O6. The van der Waals surface area contributed by atoms with Crippen molar-refractivity contribution in [1.29, 1.82) is 0 Å². The highest BCUT2D eigenvalue weighted by Gasteiger charge is 2.18. The summed E-state index contributed by atoms with van der Waals surface area (Å²) in [6, 6.07) is 23.0. The average molecular weight is 567 g/mol. The Morgan fingerprint density at radius 1 is 0.524 bits per heavy atom. The lowest BCUT2D eigenvalue weighted by Gasteiger charge is -2.37. The van der Waals surface area contributed by atoms with Crippen LogP contribution in [-0.4, -0.2) is 58.5 Å². The van der Waals surface area contributed by atoms with Crippen molar-refractivity contribution < 1.29 is 30.0 Å². The fourth-order valence-electron chi connectivity index (χ4n) is 4.39. The van der Waals surface area contributed by atoms with E-state index in [1.54, 1.807) is 0 Å². The standard InChI is InChI=1S/C30H26N6O6/c37-27-17-19(29(39)40)1-11-25(27)33-31-21-3-7-23(8-4-21)35-13-15-36(16-14-35)24-9-5-22(6-10-24)32-34-26-12-2-20(30(41)42)18-28(26)38/h1-12,17-18,37-38H,13-16H2,(H,39,40)(H,41,42)/b33-31+,34-32+. The number of nitrogens with zero attached hydrogens (tertiary/aromatic N) is 6. The number of carboxylic acids is 2. The van der Waals surface area contributed by atoms with Gasteiger partial charge in [-0.05, 0) is 84.9 Å². The van der Waals surface area contributed by atoms with Crippen molar-refractivity contribution in [2.75, 3.05) is 36.0 Å². The van der Waals surface area contributed by atoms with Crippen molar-refractivity contribution in [3.63, 3.8) is 0 Å². The highest BCUT2D eigenvalue weighted by atomic mass is 16.4. The van der Waals surface area contributed by atoms with Crippen LogP contribution in [0.15, 0.2) is 105 Å². The first-order chi connectivity index (χ1) is 20.3. The normalized spacial score (nSPS) is 13.6. The summed E-state index contributed by atoms with van der Waals surface area (Å²) in [7, 11) is 0. The Morgan fingerprint density at radius 3 is 1.19 bits per heavy atom. The van der Waals surface area contributed by atoms with Gasteiger partial charge in [0.25, 0.3) is 0 Å². The minimum absolute atomic E-state index is 0.0275. The number of carboxylic acid groups (broad SMARTS) is 2. The summed E-state index contributed by atoms with van der Waals surface area (Å²) in [5.41, 5.74) is 3.62. The van der Waals surface area contributed by atoms with Crippen molar-refractivity contribution in [2.45, 2.75) is 0 Å². The van der Waals surface area contributed by atoms with Crippen LogP contribution in [0.3, 0.4) is 0 Å². The molecule has 4 aromatic carbocycles. The summed E-state index contributed by atoms with van der Waals surface area (Å²) in [6.45, 7) is 3.27. The number of phenolic OH excluding ortho intramolecular Hbond substituents is 2. The summed E-state index contributed by atoms with van der Waals surface area (Å²) in [6.07, 6.45) is 0. The van der Waals surface area contributed by atoms with Crippen molar-refractivity contribution in [2.24, 2.45) is 20.5 Å². The van der Waals surface area contributed by atoms with E-state index < -0.39 is 11.9 Å². The van der Waals surface area contributed by atoms with Gasteiger partial charge in [0.2, 0.25) is 0 Å². The van der Waals surface area contributed by atoms with Gasteiger partial charge in [-0.15, -0.1) is 10.2 Å². The Bertz CT molecular complexity index is 1540. The van der Waals surface area contributed by atoms with Gasteiger partial charge in [-0.3, -0.25) is 0 Å². The van der Waals surface area contributed by atoms with Crippen molar-refractivity contribution in [3.05, 3.63) is 96.1 Å². The number of phenols is 2. The third-order valence-electron chi connectivity index (χ3n) is 6.70. The summed E-state index contributed by atoms with van der Waals surface area (Å²) in [4.78, 5) is 26.6. The number of azo groups is 2. The van der Waals surface area contributed by atoms with Crippen molar-refractivity contribution in [3.8, 4) is 11.5 Å². The number of hydrogen-bond donors (Lipinski definition) is 4. The molecule has 4 aromatic rings. The Morgan fingerprint density at radius 2 is 0.881 bits per heavy atom. The van der Waals surface area contributed by atoms with Gasteiger partial charge in [0.15, 0.2) is 0 Å². The van der Waals surface area contributed by atoms with Gasteiger partial charge < -0.3 is 30.2 Å². The van der Waals surface area contributed by atoms with E-state index in [-0.39, 0.29) is 34.0 Å². The van der Waals surface area contributed by atoms with Crippen LogP contribution in [0.4, 0.5) is 34.1 Å². The molecule has 1 saturated heterocycles. The van der Waals surface area contributed by atoms with Crippen LogP contribution in [0.1, 0.15) is 20.7 Å². The Hall–Kier alpha value is -5.78. The Labute approximate surface area is 240 Å². The van der Waals surface area contributed by atoms with E-state index in [2.05, 4.69) is 30.3 Å². The fourth-order valence-corrected chi connectivity index (χ4v) is 4.39. The van der Waals surface area contributed by atoms with E-state index in [1.807, 2.05) is 48.5 Å². The molecular weight excluding hydrogens is 540 g/mol. The predicted molar refractivity (Wildman–Crippen MR) is 156 cm³/mol. The fraction of sp³-hybridized carbons (Fsp3) is 0.133. The highest BCUT2D eigenvalue weighted by molar-refractivity contribution is 5.89. The summed E-state index contributed by atoms with van der Waals surface area (Å²) in [5.74, 6) is -2.77. The van der Waals surface area contributed by atoms with Gasteiger partial charge in [-0.2, -0.15) is 10.2 Å². The molecule has 0 aromatic heterocycles. The minimum Gasteiger partial charge on any atom is -0.506 e. The molecule has 12 nitrogen and oxygen atoms in total. The minimum atomic E-state index is -1.13. The van der Waals surface area contributed by atoms with E-state index in [4.69, 9.17) is 10.2 Å². The van der Waals surface area contributed by atoms with E-state index in [0.717, 1.165) is 49.7 Å². The quantitative estimate of drug-likeness (QED) is 0.172. The zero-order valence-electron chi connectivity index (χ0n) is 22.2. The number of carbonyl (C=O) groups is 2. The van der Waals surface area contributed by atoms with Crippen molar-refractivity contribution in [1.82, 2.24) is 0 Å². The number of piperazine rings is 1. The molecule has 12 heteroatoms. The van der Waals surface area contributed by atoms with Gasteiger partial charge in [0.1, 0.15) is 22.9 Å². The number of anilines is 2. The van der Waals surface area contributed by atoms with Crippen LogP contribution in [-0.2, 0) is 0 Å². The molecule has 0 saturated carbocycles. The number of benzene rings is 4. The lowest BCUT2D eigenvalue weighted by Crippen LogP contribution is -2.46. The molecule has 4 N–H and O–H groups in total. The summed E-state index contributed by atoms with van der Waals surface area (Å²) >= 11 is 0. The van der Waals surface area contributed by atoms with Crippen LogP contribution in [0.2, 0.25) is 0 Å². The van der Waals surface area contributed by atoms with Crippen LogP contribution in [0, 0.1) is 0 Å². The maximum Gasteiger partial charge on any atom is 0.335 e. The smallest absolute Gasteiger partial charge is 0.335 e. The summed E-state index contributed by atoms with van der Waals surface area (Å²) in [5, 5.41) is 54.3. The first kappa shape index (κ1) is 27.8. The first-order valence-electron chi connectivity index (χ1n) is 12.9. The maximum absolute atomic E-state index is 11.0. The van der Waals surface area contributed by atoms with Crippen molar-refractivity contribution >= 4 is 46.1 Å². The molecule has 0 aliphatic carbocycles. The second-order valence-corrected chi connectivity index (χ2v) is 9.42. The van der Waals surface area contributed by atoms with E-state index >= 15 is 0 Å². The molecule has 0 atom stereocenters. The summed E-state index contributed by atoms with van der Waals surface area (Å²) < 4.78 is 0. The molecule has 1 aliphatic rings. The molecule has 0 unspecified atom stereocenters. The average Bonchev–Trinajstić information content (AvgIpc) is 3.00. The first-order valence-corrected chi connectivity index (χ1v) is 12.9. The van der Waals surface area contributed by atoms with E-state index in [9.17, 15) is 19.8 Å². The molecule has 0 spiro atoms. The van der Waals surface area contributed by atoms with Crippen LogP contribution in [0.25, 0.3) is 0 Å². The molecule has 5 rings (SSSR count). The molecule has 1 heterocycles. The monoisotopic (exact) mass is 566 g/mol. The third kappa shape index (κ3) is 6.50. The topological polar surface area (TPSA) is 171 Å². The van der Waals surface area contributed by atoms with Gasteiger partial charge in [-0.25, -0.2) is 9.59 Å². The van der Waals surface area contributed by atoms with Gasteiger partial charge in [-0.1, -0.05) is 0 Å². The molecule has 1 fully saturated rings. The SMILES string of the molecule is O=C(O)c1ccc(/N=N/c2ccc(N3CCN(c4ccc(/N=N/c5ccc(C(=O)O)cc5O)cc4)CC3)cc2)c(O)c1. The third-order valence-corrected chi connectivity index (χ3v) is 6.70. The zero-order valence-corrected chi connectivity index (χ0v) is 22.2. The van der Waals surface area contributed by atoms with Crippen LogP contribution >= 0.6 is 0 Å². The molecule has 0 amide bonds. The molecule has 42 heavy (non-hydrogen) atoms. The second kappa shape index (κ2) is 12.2. The Kier molecular flexibility index (Phi) is 8.05. The zero-order chi connectivity index (χ0) is 29.6. The van der Waals surface area contributed by atoms with Crippen LogP contribution in [0.5, 0.6) is 11.5 Å². The lowest BCUT2D eigenvalue weighted by molar-refractivity contribution is 0.0686. The maximum atomic E-state index is 11.0. The molecule has 212 valence electrons. The second-order valence-electron chi connectivity index (χ2n) is 9.42. The van der Waals surface area contributed by atoms with Gasteiger partial charge >= 0.3 is 11.9 Å². The Balaban J connectivity index is 1.14. The molecule has 1 aliphatic heterocycles. The van der Waals surface area contributed by atoms with Crippen LogP contribution < -0.4 is 9.80 Å². The highest BCUT2D eigenvalue weighted by Crippen LogP contribution is 2.31. The van der Waals surface area contributed by atoms with E-state index in [1.165, 1.54) is 24.3 Å².